The third kappa shape index (κ3) is 6.35. The highest BCUT2D eigenvalue weighted by Crippen LogP contribution is 2.24. The van der Waals surface area contributed by atoms with Crippen LogP contribution in [-0.4, -0.2) is 72.9 Å². The molecule has 0 aromatic heterocycles. The summed E-state index contributed by atoms with van der Waals surface area (Å²) in [6, 6.07) is 17.8. The quantitative estimate of drug-likeness (QED) is 0.647. The molecule has 1 atom stereocenters. The lowest BCUT2D eigenvalue weighted by Crippen LogP contribution is -2.48. The SMILES string of the molecule is COc1ccc(C(=O)N2CCCC(CCC(=O)N3CCN(Cc4ccccc4)CC3)C2)cc1. The molecule has 2 heterocycles. The molecule has 4 rings (SSSR count). The van der Waals surface area contributed by atoms with E-state index in [2.05, 4.69) is 29.2 Å². The zero-order valence-corrected chi connectivity index (χ0v) is 19.6. The summed E-state index contributed by atoms with van der Waals surface area (Å²) in [7, 11) is 1.62. The Bertz CT molecular complexity index is 908. The molecule has 2 aliphatic rings. The summed E-state index contributed by atoms with van der Waals surface area (Å²) in [6.07, 6.45) is 3.52. The first kappa shape index (κ1) is 23.3. The Balaban J connectivity index is 1.20. The number of ether oxygens (including phenoxy) is 1. The van der Waals surface area contributed by atoms with Crippen molar-refractivity contribution in [1.82, 2.24) is 14.7 Å². The number of likely N-dealkylation sites (tertiary alicyclic amines) is 1. The fourth-order valence-corrected chi connectivity index (χ4v) is 4.88. The van der Waals surface area contributed by atoms with Crippen molar-refractivity contribution in [3.05, 3.63) is 65.7 Å². The molecule has 0 aliphatic carbocycles. The third-order valence-electron chi connectivity index (χ3n) is 6.88. The van der Waals surface area contributed by atoms with E-state index < -0.39 is 0 Å². The molecule has 2 saturated heterocycles. The molecule has 1 unspecified atom stereocenters. The maximum atomic E-state index is 12.9. The Morgan fingerprint density at radius 3 is 2.33 bits per heavy atom. The number of methoxy groups -OCH3 is 1. The van der Waals surface area contributed by atoms with Gasteiger partial charge >= 0.3 is 0 Å². The van der Waals surface area contributed by atoms with Crippen molar-refractivity contribution >= 4 is 11.8 Å². The van der Waals surface area contributed by atoms with Crippen LogP contribution in [0.25, 0.3) is 0 Å². The largest absolute Gasteiger partial charge is 0.497 e. The summed E-state index contributed by atoms with van der Waals surface area (Å²) in [5, 5.41) is 0. The van der Waals surface area contributed by atoms with Crippen molar-refractivity contribution in [2.75, 3.05) is 46.4 Å². The lowest BCUT2D eigenvalue weighted by Gasteiger charge is -2.36. The predicted molar refractivity (Wildman–Crippen MR) is 129 cm³/mol. The van der Waals surface area contributed by atoms with E-state index in [1.165, 1.54) is 5.56 Å². The van der Waals surface area contributed by atoms with E-state index in [1.807, 2.05) is 40.1 Å². The first-order valence-electron chi connectivity index (χ1n) is 12.1. The summed E-state index contributed by atoms with van der Waals surface area (Å²) in [5.74, 6) is 1.47. The lowest BCUT2D eigenvalue weighted by molar-refractivity contribution is -0.133. The Morgan fingerprint density at radius 2 is 1.64 bits per heavy atom. The van der Waals surface area contributed by atoms with Gasteiger partial charge in [-0.1, -0.05) is 30.3 Å². The molecule has 2 aliphatic heterocycles. The van der Waals surface area contributed by atoms with Crippen LogP contribution in [-0.2, 0) is 11.3 Å². The van der Waals surface area contributed by atoms with Gasteiger partial charge in [0.2, 0.25) is 5.91 Å². The molecule has 33 heavy (non-hydrogen) atoms. The second kappa shape index (κ2) is 11.3. The molecule has 0 N–H and O–H groups in total. The van der Waals surface area contributed by atoms with E-state index in [4.69, 9.17) is 4.74 Å². The average Bonchev–Trinajstić information content (AvgIpc) is 2.88. The second-order valence-corrected chi connectivity index (χ2v) is 9.17. The van der Waals surface area contributed by atoms with E-state index in [9.17, 15) is 9.59 Å². The van der Waals surface area contributed by atoms with E-state index in [0.717, 1.165) is 70.8 Å². The molecule has 2 aromatic rings. The van der Waals surface area contributed by atoms with E-state index in [1.54, 1.807) is 7.11 Å². The number of piperidine rings is 1. The van der Waals surface area contributed by atoms with E-state index in [0.29, 0.717) is 17.9 Å². The molecule has 0 spiro atoms. The third-order valence-corrected chi connectivity index (χ3v) is 6.88. The van der Waals surface area contributed by atoms with Crippen molar-refractivity contribution in [3.8, 4) is 5.75 Å². The van der Waals surface area contributed by atoms with Gasteiger partial charge in [-0.15, -0.1) is 0 Å². The number of rotatable bonds is 7. The Kier molecular flexibility index (Phi) is 8.00. The van der Waals surface area contributed by atoms with Gasteiger partial charge in [0.05, 0.1) is 7.11 Å². The number of carbonyl (C=O) groups excluding carboxylic acids is 2. The van der Waals surface area contributed by atoms with Crippen LogP contribution >= 0.6 is 0 Å². The summed E-state index contributed by atoms with van der Waals surface area (Å²) in [5.41, 5.74) is 2.02. The van der Waals surface area contributed by atoms with Gasteiger partial charge in [-0.25, -0.2) is 0 Å². The molecule has 0 bridgehead atoms. The Hall–Kier alpha value is -2.86. The highest BCUT2D eigenvalue weighted by Gasteiger charge is 2.26. The molecule has 2 aromatic carbocycles. The van der Waals surface area contributed by atoms with Gasteiger partial charge in [0.25, 0.3) is 5.91 Å². The Morgan fingerprint density at radius 1 is 0.909 bits per heavy atom. The van der Waals surface area contributed by atoms with Crippen molar-refractivity contribution in [2.24, 2.45) is 5.92 Å². The van der Waals surface area contributed by atoms with Crippen LogP contribution in [0.5, 0.6) is 5.75 Å². The lowest BCUT2D eigenvalue weighted by atomic mass is 9.92. The molecule has 2 fully saturated rings. The molecule has 6 heteroatoms. The monoisotopic (exact) mass is 449 g/mol. The minimum Gasteiger partial charge on any atom is -0.497 e. The summed E-state index contributed by atoms with van der Waals surface area (Å²) in [6.45, 7) is 5.93. The minimum absolute atomic E-state index is 0.0724. The van der Waals surface area contributed by atoms with Crippen LogP contribution < -0.4 is 4.74 Å². The molecule has 2 amide bonds. The van der Waals surface area contributed by atoms with Crippen molar-refractivity contribution in [2.45, 2.75) is 32.2 Å². The number of amides is 2. The summed E-state index contributed by atoms with van der Waals surface area (Å²) >= 11 is 0. The van der Waals surface area contributed by atoms with Crippen molar-refractivity contribution in [1.29, 1.82) is 0 Å². The number of carbonyl (C=O) groups is 2. The summed E-state index contributed by atoms with van der Waals surface area (Å²) in [4.78, 5) is 32.1. The van der Waals surface area contributed by atoms with Crippen LogP contribution in [0.3, 0.4) is 0 Å². The maximum absolute atomic E-state index is 12.9. The van der Waals surface area contributed by atoms with Gasteiger partial charge in [0.15, 0.2) is 0 Å². The fourth-order valence-electron chi connectivity index (χ4n) is 4.88. The zero-order chi connectivity index (χ0) is 23.0. The molecular formula is C27H35N3O3. The summed E-state index contributed by atoms with van der Waals surface area (Å²) < 4.78 is 5.18. The standard InChI is InChI=1S/C27H35N3O3/c1-33-25-12-10-24(11-13-25)27(32)30-15-5-8-23(21-30)9-14-26(31)29-18-16-28(17-19-29)20-22-6-3-2-4-7-22/h2-4,6-7,10-13,23H,5,8-9,14-21H2,1H3. The van der Waals surface area contributed by atoms with Gasteiger partial charge in [0, 0.05) is 57.8 Å². The van der Waals surface area contributed by atoms with Crippen LogP contribution in [0.2, 0.25) is 0 Å². The van der Waals surface area contributed by atoms with Crippen LogP contribution in [0.1, 0.15) is 41.6 Å². The number of hydrogen-bond acceptors (Lipinski definition) is 4. The number of benzene rings is 2. The van der Waals surface area contributed by atoms with Crippen molar-refractivity contribution in [3.63, 3.8) is 0 Å². The smallest absolute Gasteiger partial charge is 0.253 e. The Labute approximate surface area is 197 Å². The number of nitrogens with zero attached hydrogens (tertiary/aromatic N) is 3. The van der Waals surface area contributed by atoms with E-state index >= 15 is 0 Å². The molecule has 6 nitrogen and oxygen atoms in total. The van der Waals surface area contributed by atoms with Gasteiger partial charge in [0.1, 0.15) is 5.75 Å². The fraction of sp³-hybridized carbons (Fsp3) is 0.481. The molecule has 176 valence electrons. The zero-order valence-electron chi connectivity index (χ0n) is 19.6. The normalized spacial score (nSPS) is 19.4. The maximum Gasteiger partial charge on any atom is 0.253 e. The molecule has 0 radical (unpaired) electrons. The average molecular weight is 450 g/mol. The highest BCUT2D eigenvalue weighted by molar-refractivity contribution is 5.94. The number of piperazine rings is 1. The first-order chi connectivity index (χ1) is 16.1. The van der Waals surface area contributed by atoms with Gasteiger partial charge in [-0.05, 0) is 55.0 Å². The van der Waals surface area contributed by atoms with Gasteiger partial charge in [-0.2, -0.15) is 0 Å². The minimum atomic E-state index is 0.0724. The second-order valence-electron chi connectivity index (χ2n) is 9.17. The van der Waals surface area contributed by atoms with Crippen LogP contribution in [0, 0.1) is 5.92 Å². The highest BCUT2D eigenvalue weighted by atomic mass is 16.5. The van der Waals surface area contributed by atoms with Crippen LogP contribution in [0.15, 0.2) is 54.6 Å². The predicted octanol–water partition coefficient (Wildman–Crippen LogP) is 3.67. The topological polar surface area (TPSA) is 53.1 Å². The molecular weight excluding hydrogens is 414 g/mol. The first-order valence-corrected chi connectivity index (χ1v) is 12.1. The van der Waals surface area contributed by atoms with Crippen molar-refractivity contribution < 1.29 is 14.3 Å². The van der Waals surface area contributed by atoms with Gasteiger partial charge in [-0.3, -0.25) is 14.5 Å². The van der Waals surface area contributed by atoms with E-state index in [-0.39, 0.29) is 11.8 Å². The number of hydrogen-bond donors (Lipinski definition) is 0. The van der Waals surface area contributed by atoms with Crippen LogP contribution in [0.4, 0.5) is 0 Å². The van der Waals surface area contributed by atoms with Gasteiger partial charge < -0.3 is 14.5 Å². The molecule has 0 saturated carbocycles.